The van der Waals surface area contributed by atoms with Crippen LogP contribution in [0.3, 0.4) is 0 Å². The Balaban J connectivity index is 1.71. The van der Waals surface area contributed by atoms with E-state index in [1.165, 1.54) is 0 Å². The molecule has 0 saturated carbocycles. The van der Waals surface area contributed by atoms with Crippen molar-refractivity contribution in [2.75, 3.05) is 13.1 Å². The molecule has 1 aromatic carbocycles. The molecule has 0 spiro atoms. The second kappa shape index (κ2) is 5.28. The third-order valence-electron chi connectivity index (χ3n) is 3.16. The Bertz CT molecular complexity index is 555. The lowest BCUT2D eigenvalue weighted by Crippen LogP contribution is -2.21. The van der Waals surface area contributed by atoms with Gasteiger partial charge in [-0.05, 0) is 30.7 Å². The quantitative estimate of drug-likeness (QED) is 0.930. The number of aliphatic hydroxyl groups excluding tert-OH is 1. The van der Waals surface area contributed by atoms with E-state index in [1.807, 2.05) is 12.1 Å². The number of hydrogen-bond donors (Lipinski definition) is 1. The van der Waals surface area contributed by atoms with E-state index in [1.54, 1.807) is 12.1 Å². The summed E-state index contributed by atoms with van der Waals surface area (Å²) < 4.78 is 5.62. The Kier molecular flexibility index (Phi) is 3.50. The first-order valence-corrected chi connectivity index (χ1v) is 6.57. The summed E-state index contributed by atoms with van der Waals surface area (Å²) >= 11 is 5.83. The average Bonchev–Trinajstić information content (AvgIpc) is 3.00. The standard InChI is InChI=1S/C13H14ClN3O2/c14-10-3-1-9(2-4-10)13-16-15-12(19-13)8-17-6-5-11(18)7-17/h1-4,11,18H,5-8H2/t11-/m0/s1. The van der Waals surface area contributed by atoms with Crippen LogP contribution in [0.4, 0.5) is 0 Å². The summed E-state index contributed by atoms with van der Waals surface area (Å²) in [5.41, 5.74) is 0.851. The number of aromatic nitrogens is 2. The van der Waals surface area contributed by atoms with E-state index in [4.69, 9.17) is 16.0 Å². The van der Waals surface area contributed by atoms with Crippen molar-refractivity contribution in [2.45, 2.75) is 19.1 Å². The molecule has 1 saturated heterocycles. The van der Waals surface area contributed by atoms with Crippen LogP contribution in [-0.4, -0.2) is 39.4 Å². The van der Waals surface area contributed by atoms with E-state index < -0.39 is 0 Å². The lowest BCUT2D eigenvalue weighted by molar-refractivity contribution is 0.171. The van der Waals surface area contributed by atoms with Gasteiger partial charge in [-0.15, -0.1) is 10.2 Å². The summed E-state index contributed by atoms with van der Waals surface area (Å²) in [5.74, 6) is 1.06. The average molecular weight is 280 g/mol. The van der Waals surface area contributed by atoms with Crippen LogP contribution in [0.5, 0.6) is 0 Å². The number of hydrogen-bond acceptors (Lipinski definition) is 5. The maximum atomic E-state index is 9.47. The van der Waals surface area contributed by atoms with Crippen molar-refractivity contribution in [3.8, 4) is 11.5 Å². The summed E-state index contributed by atoms with van der Waals surface area (Å²) in [5, 5.41) is 18.2. The lowest BCUT2D eigenvalue weighted by Gasteiger charge is -2.10. The van der Waals surface area contributed by atoms with Crippen LogP contribution in [0.1, 0.15) is 12.3 Å². The molecule has 19 heavy (non-hydrogen) atoms. The van der Waals surface area contributed by atoms with Crippen LogP contribution in [0, 0.1) is 0 Å². The third-order valence-corrected chi connectivity index (χ3v) is 3.42. The number of rotatable bonds is 3. The Morgan fingerprint density at radius 2 is 2.11 bits per heavy atom. The van der Waals surface area contributed by atoms with Gasteiger partial charge in [-0.25, -0.2) is 0 Å². The first-order chi connectivity index (χ1) is 9.20. The van der Waals surface area contributed by atoms with Gasteiger partial charge in [-0.2, -0.15) is 0 Å². The predicted molar refractivity (Wildman–Crippen MR) is 70.6 cm³/mol. The summed E-state index contributed by atoms with van der Waals surface area (Å²) in [6.07, 6.45) is 0.566. The zero-order chi connectivity index (χ0) is 13.2. The Hall–Kier alpha value is -1.43. The fourth-order valence-corrected chi connectivity index (χ4v) is 2.30. The molecule has 0 radical (unpaired) electrons. The minimum atomic E-state index is -0.237. The molecule has 100 valence electrons. The summed E-state index contributed by atoms with van der Waals surface area (Å²) in [6, 6.07) is 7.27. The van der Waals surface area contributed by atoms with Gasteiger partial charge in [-0.1, -0.05) is 11.6 Å². The van der Waals surface area contributed by atoms with Gasteiger partial charge >= 0.3 is 0 Å². The zero-order valence-corrected chi connectivity index (χ0v) is 11.0. The van der Waals surface area contributed by atoms with Crippen LogP contribution in [-0.2, 0) is 6.54 Å². The molecule has 2 aromatic rings. The molecular weight excluding hydrogens is 266 g/mol. The second-order valence-electron chi connectivity index (χ2n) is 4.69. The van der Waals surface area contributed by atoms with Crippen LogP contribution in [0.25, 0.3) is 11.5 Å². The number of β-amino-alcohol motifs (C(OH)–C–C–N with tert-alkyl or cyclic N) is 1. The molecule has 3 rings (SSSR count). The first-order valence-electron chi connectivity index (χ1n) is 6.19. The molecular formula is C13H14ClN3O2. The van der Waals surface area contributed by atoms with Gasteiger partial charge in [-0.3, -0.25) is 4.90 Å². The molecule has 1 aliphatic heterocycles. The molecule has 5 nitrogen and oxygen atoms in total. The van der Waals surface area contributed by atoms with E-state index in [0.29, 0.717) is 29.9 Å². The number of aliphatic hydroxyl groups is 1. The van der Waals surface area contributed by atoms with Crippen molar-refractivity contribution in [3.63, 3.8) is 0 Å². The first kappa shape index (κ1) is 12.6. The highest BCUT2D eigenvalue weighted by atomic mass is 35.5. The molecule has 1 fully saturated rings. The van der Waals surface area contributed by atoms with Crippen LogP contribution in [0.2, 0.25) is 5.02 Å². The number of nitrogens with zero attached hydrogens (tertiary/aromatic N) is 3. The SMILES string of the molecule is O[C@H]1CCN(Cc2nnc(-c3ccc(Cl)cc3)o2)C1. The van der Waals surface area contributed by atoms with Crippen molar-refractivity contribution in [3.05, 3.63) is 35.2 Å². The Morgan fingerprint density at radius 1 is 1.32 bits per heavy atom. The van der Waals surface area contributed by atoms with Crippen molar-refractivity contribution in [2.24, 2.45) is 0 Å². The predicted octanol–water partition coefficient (Wildman–Crippen LogP) is 1.96. The molecule has 0 aliphatic carbocycles. The minimum Gasteiger partial charge on any atom is -0.419 e. The third kappa shape index (κ3) is 2.94. The highest BCUT2D eigenvalue weighted by Gasteiger charge is 2.22. The van der Waals surface area contributed by atoms with Crippen molar-refractivity contribution < 1.29 is 9.52 Å². The van der Waals surface area contributed by atoms with E-state index in [9.17, 15) is 5.11 Å². The van der Waals surface area contributed by atoms with Gasteiger partial charge < -0.3 is 9.52 Å². The number of halogens is 1. The highest BCUT2D eigenvalue weighted by molar-refractivity contribution is 6.30. The summed E-state index contributed by atoms with van der Waals surface area (Å²) in [6.45, 7) is 2.11. The van der Waals surface area contributed by atoms with Crippen molar-refractivity contribution in [1.29, 1.82) is 0 Å². The summed E-state index contributed by atoms with van der Waals surface area (Å²) in [7, 11) is 0. The van der Waals surface area contributed by atoms with Crippen LogP contribution >= 0.6 is 11.6 Å². The van der Waals surface area contributed by atoms with Gasteiger partial charge in [0.15, 0.2) is 0 Å². The lowest BCUT2D eigenvalue weighted by atomic mass is 10.2. The molecule has 0 bridgehead atoms. The molecule has 1 atom stereocenters. The van der Waals surface area contributed by atoms with E-state index in [-0.39, 0.29) is 6.10 Å². The largest absolute Gasteiger partial charge is 0.419 e. The fraction of sp³-hybridized carbons (Fsp3) is 0.385. The molecule has 1 aromatic heterocycles. The minimum absolute atomic E-state index is 0.237. The highest BCUT2D eigenvalue weighted by Crippen LogP contribution is 2.21. The fourth-order valence-electron chi connectivity index (χ4n) is 2.17. The van der Waals surface area contributed by atoms with E-state index in [0.717, 1.165) is 18.5 Å². The Morgan fingerprint density at radius 3 is 2.79 bits per heavy atom. The van der Waals surface area contributed by atoms with Gasteiger partial charge in [0.25, 0.3) is 0 Å². The van der Waals surface area contributed by atoms with Gasteiger partial charge in [0.2, 0.25) is 11.8 Å². The Labute approximate surface area is 115 Å². The van der Waals surface area contributed by atoms with Gasteiger partial charge in [0.1, 0.15) is 0 Å². The maximum absolute atomic E-state index is 9.47. The van der Waals surface area contributed by atoms with E-state index in [2.05, 4.69) is 15.1 Å². The molecule has 2 heterocycles. The molecule has 1 aliphatic rings. The van der Waals surface area contributed by atoms with Crippen LogP contribution < -0.4 is 0 Å². The number of likely N-dealkylation sites (tertiary alicyclic amines) is 1. The maximum Gasteiger partial charge on any atom is 0.247 e. The second-order valence-corrected chi connectivity index (χ2v) is 5.12. The molecule has 0 amide bonds. The van der Waals surface area contributed by atoms with Crippen LogP contribution in [0.15, 0.2) is 28.7 Å². The summed E-state index contributed by atoms with van der Waals surface area (Å²) in [4.78, 5) is 2.10. The van der Waals surface area contributed by atoms with Crippen molar-refractivity contribution >= 4 is 11.6 Å². The van der Waals surface area contributed by atoms with Crippen molar-refractivity contribution in [1.82, 2.24) is 15.1 Å². The molecule has 0 unspecified atom stereocenters. The smallest absolute Gasteiger partial charge is 0.247 e. The normalized spacial score (nSPS) is 20.0. The molecule has 1 N–H and O–H groups in total. The molecule has 6 heteroatoms. The zero-order valence-electron chi connectivity index (χ0n) is 10.3. The monoisotopic (exact) mass is 279 g/mol. The topological polar surface area (TPSA) is 62.4 Å². The van der Waals surface area contributed by atoms with Gasteiger partial charge in [0.05, 0.1) is 12.6 Å². The number of benzene rings is 1. The van der Waals surface area contributed by atoms with Gasteiger partial charge in [0, 0.05) is 23.7 Å². The van der Waals surface area contributed by atoms with E-state index >= 15 is 0 Å².